The second-order valence-corrected chi connectivity index (χ2v) is 5.95. The van der Waals surface area contributed by atoms with Gasteiger partial charge in [-0.1, -0.05) is 12.1 Å². The standard InChI is InChI=1S/C16H23N5O2S/c1-13(22)19-15-4-2-14(3-5-15)12-18-20-16(24)17-6-7-21-8-10-23-11-9-21/h2-5,12H,6-11H2,1H3,(H,19,22)(H2,17,20,24)/p+1/b18-12-. The number of thiocarbonyl (C=S) groups is 1. The van der Waals surface area contributed by atoms with Crippen molar-refractivity contribution in [2.24, 2.45) is 5.10 Å². The molecule has 4 N–H and O–H groups in total. The minimum atomic E-state index is -0.0894. The average molecular weight is 350 g/mol. The summed E-state index contributed by atoms with van der Waals surface area (Å²) in [7, 11) is 0. The Labute approximate surface area is 147 Å². The largest absolute Gasteiger partial charge is 0.370 e. The molecule has 1 amide bonds. The molecule has 24 heavy (non-hydrogen) atoms. The zero-order chi connectivity index (χ0) is 17.2. The van der Waals surface area contributed by atoms with Gasteiger partial charge in [0, 0.05) is 12.6 Å². The predicted molar refractivity (Wildman–Crippen MR) is 98.5 cm³/mol. The van der Waals surface area contributed by atoms with E-state index in [1.54, 1.807) is 6.21 Å². The number of carbonyl (C=O) groups excluding carboxylic acids is 1. The van der Waals surface area contributed by atoms with E-state index in [9.17, 15) is 4.79 Å². The number of morpholine rings is 1. The number of rotatable bonds is 6. The average Bonchev–Trinajstić information content (AvgIpc) is 2.57. The highest BCUT2D eigenvalue weighted by molar-refractivity contribution is 7.80. The first kappa shape index (κ1) is 18.3. The van der Waals surface area contributed by atoms with Crippen LogP contribution in [0.25, 0.3) is 0 Å². The fourth-order valence-electron chi connectivity index (χ4n) is 2.32. The highest BCUT2D eigenvalue weighted by Crippen LogP contribution is 2.07. The van der Waals surface area contributed by atoms with Crippen LogP contribution in [-0.4, -0.2) is 56.6 Å². The minimum absolute atomic E-state index is 0.0894. The molecule has 0 unspecified atom stereocenters. The summed E-state index contributed by atoms with van der Waals surface area (Å²) in [6.07, 6.45) is 1.68. The molecule has 0 spiro atoms. The summed E-state index contributed by atoms with van der Waals surface area (Å²) in [5.74, 6) is -0.0894. The zero-order valence-electron chi connectivity index (χ0n) is 13.8. The van der Waals surface area contributed by atoms with Crippen molar-refractivity contribution in [3.8, 4) is 0 Å². The Morgan fingerprint density at radius 1 is 1.33 bits per heavy atom. The van der Waals surface area contributed by atoms with Crippen LogP contribution in [0.5, 0.6) is 0 Å². The van der Waals surface area contributed by atoms with Crippen LogP contribution in [0.15, 0.2) is 29.4 Å². The van der Waals surface area contributed by atoms with Gasteiger partial charge >= 0.3 is 0 Å². The molecule has 0 aromatic heterocycles. The van der Waals surface area contributed by atoms with Crippen LogP contribution >= 0.6 is 12.2 Å². The third kappa shape index (κ3) is 7.03. The third-order valence-corrected chi connectivity index (χ3v) is 3.81. The zero-order valence-corrected chi connectivity index (χ0v) is 14.6. The molecule has 1 aliphatic rings. The van der Waals surface area contributed by atoms with E-state index in [2.05, 4.69) is 21.2 Å². The van der Waals surface area contributed by atoms with Gasteiger partial charge in [-0.2, -0.15) is 5.10 Å². The lowest BCUT2D eigenvalue weighted by Crippen LogP contribution is -3.14. The molecule has 1 aromatic carbocycles. The van der Waals surface area contributed by atoms with Crippen molar-refractivity contribution >= 4 is 35.1 Å². The monoisotopic (exact) mass is 350 g/mol. The summed E-state index contributed by atoms with van der Waals surface area (Å²) in [6.45, 7) is 7.07. The molecule has 7 nitrogen and oxygen atoms in total. The topological polar surface area (TPSA) is 79.2 Å². The lowest BCUT2D eigenvalue weighted by Gasteiger charge is -2.23. The van der Waals surface area contributed by atoms with Crippen LogP contribution in [0.2, 0.25) is 0 Å². The van der Waals surface area contributed by atoms with Crippen LogP contribution < -0.4 is 21.0 Å². The van der Waals surface area contributed by atoms with Gasteiger partial charge in [0.2, 0.25) is 5.91 Å². The number of benzene rings is 1. The number of anilines is 1. The Hall–Kier alpha value is -2.03. The molecule has 0 aliphatic carbocycles. The molecular formula is C16H24N5O2S+. The summed E-state index contributed by atoms with van der Waals surface area (Å²) in [5, 5.41) is 10.5. The Kier molecular flexibility index (Phi) is 7.60. The molecule has 0 saturated carbocycles. The number of hydrazone groups is 1. The van der Waals surface area contributed by atoms with Gasteiger partial charge in [-0.05, 0) is 29.9 Å². The molecule has 0 bridgehead atoms. The molecule has 1 aromatic rings. The highest BCUT2D eigenvalue weighted by atomic mass is 32.1. The van der Waals surface area contributed by atoms with Crippen molar-refractivity contribution in [2.75, 3.05) is 44.7 Å². The fourth-order valence-corrected chi connectivity index (χ4v) is 2.48. The molecule has 130 valence electrons. The molecule has 2 rings (SSSR count). The lowest BCUT2D eigenvalue weighted by molar-refractivity contribution is -0.906. The normalized spacial score (nSPS) is 15.2. The summed E-state index contributed by atoms with van der Waals surface area (Å²) >= 11 is 5.19. The smallest absolute Gasteiger partial charge is 0.221 e. The van der Waals surface area contributed by atoms with Gasteiger partial charge in [0.25, 0.3) is 0 Å². The second kappa shape index (κ2) is 9.96. The van der Waals surface area contributed by atoms with E-state index in [1.165, 1.54) is 11.8 Å². The van der Waals surface area contributed by atoms with Crippen molar-refractivity contribution in [1.29, 1.82) is 0 Å². The number of quaternary nitrogens is 1. The Morgan fingerprint density at radius 3 is 2.71 bits per heavy atom. The lowest BCUT2D eigenvalue weighted by atomic mass is 10.2. The third-order valence-electron chi connectivity index (χ3n) is 3.57. The number of nitrogens with zero attached hydrogens (tertiary/aromatic N) is 1. The van der Waals surface area contributed by atoms with Crippen LogP contribution in [0.3, 0.4) is 0 Å². The van der Waals surface area contributed by atoms with Gasteiger partial charge in [0.05, 0.1) is 32.5 Å². The van der Waals surface area contributed by atoms with E-state index >= 15 is 0 Å². The van der Waals surface area contributed by atoms with E-state index in [1.807, 2.05) is 24.3 Å². The molecule has 0 atom stereocenters. The molecule has 0 radical (unpaired) electrons. The van der Waals surface area contributed by atoms with E-state index in [4.69, 9.17) is 17.0 Å². The number of hydrogen-bond donors (Lipinski definition) is 4. The number of nitrogens with one attached hydrogen (secondary N) is 4. The number of carbonyl (C=O) groups is 1. The Balaban J connectivity index is 1.65. The highest BCUT2D eigenvalue weighted by Gasteiger charge is 2.12. The maximum absolute atomic E-state index is 11.0. The molecule has 1 fully saturated rings. The van der Waals surface area contributed by atoms with Crippen LogP contribution in [0.1, 0.15) is 12.5 Å². The molecule has 1 saturated heterocycles. The van der Waals surface area contributed by atoms with E-state index in [0.29, 0.717) is 5.11 Å². The maximum Gasteiger partial charge on any atom is 0.221 e. The van der Waals surface area contributed by atoms with Gasteiger partial charge in [-0.15, -0.1) is 0 Å². The molecule has 1 aliphatic heterocycles. The molecular weight excluding hydrogens is 326 g/mol. The fraction of sp³-hybridized carbons (Fsp3) is 0.438. The number of ether oxygens (including phenoxy) is 1. The van der Waals surface area contributed by atoms with Crippen molar-refractivity contribution < 1.29 is 14.4 Å². The van der Waals surface area contributed by atoms with Gasteiger partial charge in [0.1, 0.15) is 13.1 Å². The summed E-state index contributed by atoms with van der Waals surface area (Å²) in [5.41, 5.74) is 4.48. The quantitative estimate of drug-likeness (QED) is 0.312. The number of hydrogen-bond acceptors (Lipinski definition) is 4. The van der Waals surface area contributed by atoms with E-state index < -0.39 is 0 Å². The Morgan fingerprint density at radius 2 is 2.04 bits per heavy atom. The van der Waals surface area contributed by atoms with Crippen LogP contribution in [-0.2, 0) is 9.53 Å². The SMILES string of the molecule is CC(=O)Nc1ccc(/C=N\NC(=S)NCC[NH+]2CCOCC2)cc1. The van der Waals surface area contributed by atoms with Gasteiger partial charge in [-0.3, -0.25) is 10.2 Å². The first-order valence-corrected chi connectivity index (χ1v) is 8.40. The van der Waals surface area contributed by atoms with Gasteiger partial charge < -0.3 is 20.3 Å². The molecule has 8 heteroatoms. The van der Waals surface area contributed by atoms with Gasteiger partial charge in [-0.25, -0.2) is 0 Å². The first-order chi connectivity index (χ1) is 11.6. The van der Waals surface area contributed by atoms with Crippen LogP contribution in [0.4, 0.5) is 5.69 Å². The van der Waals surface area contributed by atoms with E-state index in [0.717, 1.165) is 50.6 Å². The minimum Gasteiger partial charge on any atom is -0.370 e. The first-order valence-electron chi connectivity index (χ1n) is 7.99. The summed E-state index contributed by atoms with van der Waals surface area (Å²) < 4.78 is 5.33. The van der Waals surface area contributed by atoms with Crippen molar-refractivity contribution in [1.82, 2.24) is 10.7 Å². The van der Waals surface area contributed by atoms with Crippen molar-refractivity contribution in [3.63, 3.8) is 0 Å². The summed E-state index contributed by atoms with van der Waals surface area (Å²) in [6, 6.07) is 7.39. The Bertz CT molecular complexity index is 570. The predicted octanol–water partition coefficient (Wildman–Crippen LogP) is -0.642. The molecule has 1 heterocycles. The van der Waals surface area contributed by atoms with Crippen molar-refractivity contribution in [2.45, 2.75) is 6.92 Å². The second-order valence-electron chi connectivity index (χ2n) is 5.54. The maximum atomic E-state index is 11.0. The number of amides is 1. The van der Waals surface area contributed by atoms with E-state index in [-0.39, 0.29) is 5.91 Å². The van der Waals surface area contributed by atoms with Gasteiger partial charge in [0.15, 0.2) is 5.11 Å². The van der Waals surface area contributed by atoms with Crippen LogP contribution in [0, 0.1) is 0 Å². The summed E-state index contributed by atoms with van der Waals surface area (Å²) in [4.78, 5) is 12.5. The van der Waals surface area contributed by atoms with Crippen molar-refractivity contribution in [3.05, 3.63) is 29.8 Å².